The van der Waals surface area contributed by atoms with Gasteiger partial charge in [-0.05, 0) is 38.0 Å². The normalized spacial score (nSPS) is 32.1. The molecule has 0 bridgehead atoms. The third-order valence-corrected chi connectivity index (χ3v) is 6.23. The fourth-order valence-electron chi connectivity index (χ4n) is 2.83. The highest BCUT2D eigenvalue weighted by molar-refractivity contribution is 7.92. The average molecular weight is 262 g/mol. The number of hydrogen-bond acceptors (Lipinski definition) is 3. The van der Waals surface area contributed by atoms with E-state index in [1.54, 1.807) is 0 Å². The number of hydrogen-bond donors (Lipinski definition) is 1. The molecule has 4 nitrogen and oxygen atoms in total. The van der Waals surface area contributed by atoms with Gasteiger partial charge >= 0.3 is 5.97 Å². The van der Waals surface area contributed by atoms with E-state index >= 15 is 0 Å². The van der Waals surface area contributed by atoms with Gasteiger partial charge in [0.25, 0.3) is 0 Å². The van der Waals surface area contributed by atoms with Crippen LogP contribution in [0, 0.1) is 11.8 Å². The summed E-state index contributed by atoms with van der Waals surface area (Å²) in [4.78, 5) is 10.6. The minimum Gasteiger partial charge on any atom is -0.481 e. The SMILES string of the molecule is CC1CC(C)CC(S(=O)(=O)C(C)CC(=O)O)C1. The third kappa shape index (κ3) is 3.69. The van der Waals surface area contributed by atoms with Gasteiger partial charge in [-0.15, -0.1) is 0 Å². The molecule has 5 heteroatoms. The van der Waals surface area contributed by atoms with Crippen LogP contribution in [0.5, 0.6) is 0 Å². The standard InChI is InChI=1S/C12H22O4S/c1-8-4-9(2)6-11(5-8)17(15,16)10(3)7-12(13)14/h8-11H,4-7H2,1-3H3,(H,13,14). The van der Waals surface area contributed by atoms with E-state index in [0.29, 0.717) is 24.7 Å². The molecular weight excluding hydrogens is 240 g/mol. The van der Waals surface area contributed by atoms with Crippen LogP contribution in [-0.2, 0) is 14.6 Å². The fraction of sp³-hybridized carbons (Fsp3) is 0.917. The zero-order valence-corrected chi connectivity index (χ0v) is 11.5. The second kappa shape index (κ2) is 5.38. The Morgan fingerprint density at radius 3 is 2.12 bits per heavy atom. The molecule has 0 aromatic carbocycles. The van der Waals surface area contributed by atoms with E-state index in [-0.39, 0.29) is 11.7 Å². The summed E-state index contributed by atoms with van der Waals surface area (Å²) in [5, 5.41) is 7.56. The van der Waals surface area contributed by atoms with Gasteiger partial charge in [-0.25, -0.2) is 8.42 Å². The van der Waals surface area contributed by atoms with Crippen LogP contribution in [0.4, 0.5) is 0 Å². The molecule has 1 aliphatic carbocycles. The summed E-state index contributed by atoms with van der Waals surface area (Å²) in [7, 11) is -3.30. The smallest absolute Gasteiger partial charge is 0.304 e. The van der Waals surface area contributed by atoms with Crippen molar-refractivity contribution < 1.29 is 18.3 Å². The molecule has 1 N–H and O–H groups in total. The number of carbonyl (C=O) groups is 1. The molecule has 17 heavy (non-hydrogen) atoms. The van der Waals surface area contributed by atoms with Crippen LogP contribution in [-0.4, -0.2) is 30.0 Å². The largest absolute Gasteiger partial charge is 0.481 e. The Labute approximate surface area is 103 Å². The summed E-state index contributed by atoms with van der Waals surface area (Å²) in [6.45, 7) is 5.65. The Bertz CT molecular complexity index is 364. The molecule has 0 radical (unpaired) electrons. The van der Waals surface area contributed by atoms with Gasteiger partial charge in [-0.2, -0.15) is 0 Å². The van der Waals surface area contributed by atoms with Crippen LogP contribution < -0.4 is 0 Å². The lowest BCUT2D eigenvalue weighted by atomic mass is 9.83. The Balaban J connectivity index is 2.79. The first-order valence-corrected chi connectivity index (χ1v) is 7.79. The van der Waals surface area contributed by atoms with Crippen LogP contribution in [0.1, 0.15) is 46.5 Å². The number of rotatable bonds is 4. The van der Waals surface area contributed by atoms with Crippen LogP contribution in [0.15, 0.2) is 0 Å². The number of carboxylic acid groups (broad SMARTS) is 1. The van der Waals surface area contributed by atoms with Gasteiger partial charge < -0.3 is 5.11 Å². The maximum atomic E-state index is 12.2. The van der Waals surface area contributed by atoms with Crippen molar-refractivity contribution in [3.8, 4) is 0 Å². The second-order valence-corrected chi connectivity index (χ2v) is 8.19. The van der Waals surface area contributed by atoms with Crippen molar-refractivity contribution in [3.05, 3.63) is 0 Å². The predicted molar refractivity (Wildman–Crippen MR) is 66.6 cm³/mol. The maximum Gasteiger partial charge on any atom is 0.304 e. The first-order valence-electron chi connectivity index (χ1n) is 6.18. The summed E-state index contributed by atoms with van der Waals surface area (Å²) < 4.78 is 24.5. The van der Waals surface area contributed by atoms with Crippen molar-refractivity contribution in [2.45, 2.75) is 57.0 Å². The third-order valence-electron chi connectivity index (χ3n) is 3.62. The summed E-state index contributed by atoms with van der Waals surface area (Å²) in [6, 6.07) is 0. The summed E-state index contributed by atoms with van der Waals surface area (Å²) in [5.41, 5.74) is 0. The molecule has 0 aromatic heterocycles. The quantitative estimate of drug-likeness (QED) is 0.842. The Kier molecular flexibility index (Phi) is 4.58. The molecular formula is C12H22O4S. The monoisotopic (exact) mass is 262 g/mol. The fourth-order valence-corrected chi connectivity index (χ4v) is 5.06. The van der Waals surface area contributed by atoms with Gasteiger partial charge in [-0.1, -0.05) is 13.8 Å². The van der Waals surface area contributed by atoms with E-state index < -0.39 is 21.1 Å². The van der Waals surface area contributed by atoms with E-state index in [1.807, 2.05) is 0 Å². The van der Waals surface area contributed by atoms with Crippen LogP contribution in [0.2, 0.25) is 0 Å². The molecule has 1 fully saturated rings. The Morgan fingerprint density at radius 1 is 1.24 bits per heavy atom. The highest BCUT2D eigenvalue weighted by Crippen LogP contribution is 2.34. The maximum absolute atomic E-state index is 12.2. The van der Waals surface area contributed by atoms with Crippen molar-refractivity contribution in [1.82, 2.24) is 0 Å². The van der Waals surface area contributed by atoms with E-state index in [0.717, 1.165) is 6.42 Å². The predicted octanol–water partition coefficient (Wildman–Crippen LogP) is 2.09. The van der Waals surface area contributed by atoms with Crippen LogP contribution in [0.25, 0.3) is 0 Å². The molecule has 100 valence electrons. The first-order chi connectivity index (χ1) is 7.73. The van der Waals surface area contributed by atoms with Gasteiger partial charge in [0.2, 0.25) is 0 Å². The van der Waals surface area contributed by atoms with Gasteiger partial charge in [0.15, 0.2) is 9.84 Å². The van der Waals surface area contributed by atoms with Gasteiger partial charge in [0.05, 0.1) is 16.9 Å². The molecule has 0 saturated heterocycles. The molecule has 0 aliphatic heterocycles. The number of sulfone groups is 1. The van der Waals surface area contributed by atoms with Crippen molar-refractivity contribution in [1.29, 1.82) is 0 Å². The van der Waals surface area contributed by atoms with E-state index in [4.69, 9.17) is 5.11 Å². The highest BCUT2D eigenvalue weighted by atomic mass is 32.2. The summed E-state index contributed by atoms with van der Waals surface area (Å²) >= 11 is 0. The zero-order chi connectivity index (χ0) is 13.2. The van der Waals surface area contributed by atoms with E-state index in [9.17, 15) is 13.2 Å². The molecule has 3 unspecified atom stereocenters. The minimum absolute atomic E-state index is 0.290. The van der Waals surface area contributed by atoms with Gasteiger partial charge in [-0.3, -0.25) is 4.79 Å². The summed E-state index contributed by atoms with van der Waals surface area (Å²) in [6.07, 6.45) is 2.13. The van der Waals surface area contributed by atoms with Crippen molar-refractivity contribution in [2.24, 2.45) is 11.8 Å². The lowest BCUT2D eigenvalue weighted by Gasteiger charge is -2.32. The second-order valence-electron chi connectivity index (χ2n) is 5.54. The van der Waals surface area contributed by atoms with Crippen molar-refractivity contribution in [2.75, 3.05) is 0 Å². The summed E-state index contributed by atoms with van der Waals surface area (Å²) in [5.74, 6) is -0.218. The van der Waals surface area contributed by atoms with Crippen LogP contribution >= 0.6 is 0 Å². The van der Waals surface area contributed by atoms with Crippen LogP contribution in [0.3, 0.4) is 0 Å². The minimum atomic E-state index is -3.30. The number of aliphatic carboxylic acids is 1. The molecule has 0 spiro atoms. The lowest BCUT2D eigenvalue weighted by Crippen LogP contribution is -2.37. The zero-order valence-electron chi connectivity index (χ0n) is 10.7. The van der Waals surface area contributed by atoms with Gasteiger partial charge in [0, 0.05) is 0 Å². The molecule has 1 saturated carbocycles. The lowest BCUT2D eigenvalue weighted by molar-refractivity contribution is -0.136. The molecule has 1 aliphatic rings. The molecule has 3 atom stereocenters. The number of carboxylic acids is 1. The van der Waals surface area contributed by atoms with Gasteiger partial charge in [0.1, 0.15) is 0 Å². The Hall–Kier alpha value is -0.580. The topological polar surface area (TPSA) is 71.4 Å². The molecule has 0 heterocycles. The van der Waals surface area contributed by atoms with Crippen molar-refractivity contribution in [3.63, 3.8) is 0 Å². The molecule has 1 rings (SSSR count). The van der Waals surface area contributed by atoms with E-state index in [2.05, 4.69) is 13.8 Å². The molecule has 0 aromatic rings. The average Bonchev–Trinajstić information content (AvgIpc) is 2.14. The highest BCUT2D eigenvalue weighted by Gasteiger charge is 2.37. The Morgan fingerprint density at radius 2 is 1.71 bits per heavy atom. The van der Waals surface area contributed by atoms with Crippen molar-refractivity contribution >= 4 is 15.8 Å². The molecule has 0 amide bonds. The van der Waals surface area contributed by atoms with E-state index in [1.165, 1.54) is 6.92 Å². The first kappa shape index (κ1) is 14.5.